The van der Waals surface area contributed by atoms with E-state index in [0.717, 1.165) is 0 Å². The highest BCUT2D eigenvalue weighted by Crippen LogP contribution is 2.03. The average molecular weight is 291 g/mol. The van der Waals surface area contributed by atoms with Gasteiger partial charge in [0.25, 0.3) is 0 Å². The van der Waals surface area contributed by atoms with Crippen molar-refractivity contribution in [2.45, 2.75) is 25.7 Å². The van der Waals surface area contributed by atoms with Crippen molar-refractivity contribution >= 4 is 33.7 Å². The molecule has 0 aromatic carbocycles. The van der Waals surface area contributed by atoms with Gasteiger partial charge in [-0.2, -0.15) is 0 Å². The van der Waals surface area contributed by atoms with Gasteiger partial charge in [-0.1, -0.05) is 11.8 Å². The summed E-state index contributed by atoms with van der Waals surface area (Å²) in [6.07, 6.45) is 1.93. The molecule has 0 aliphatic heterocycles. The molecular weight excluding hydrogens is 275 g/mol. The van der Waals surface area contributed by atoms with Crippen molar-refractivity contribution in [3.05, 3.63) is 0 Å². The summed E-state index contributed by atoms with van der Waals surface area (Å²) in [5.74, 6) is 10.2. The van der Waals surface area contributed by atoms with Crippen LogP contribution >= 0.6 is 23.2 Å². The first-order valence-corrected chi connectivity index (χ1v) is 6.02. The predicted octanol–water partition coefficient (Wildman–Crippen LogP) is 0.988. The number of carbonyl (C=O) groups excluding carboxylic acids is 2. The SMILES string of the molecule is NCC#CC#CCN.O=C(Cl)CCCCC(=O)Cl. The Morgan fingerprint density at radius 2 is 1.17 bits per heavy atom. The van der Waals surface area contributed by atoms with E-state index in [2.05, 4.69) is 23.7 Å². The molecule has 0 aromatic heterocycles. The van der Waals surface area contributed by atoms with Crippen LogP contribution in [0.2, 0.25) is 0 Å². The maximum Gasteiger partial charge on any atom is 0.221 e. The molecule has 100 valence electrons. The van der Waals surface area contributed by atoms with Gasteiger partial charge < -0.3 is 11.5 Å². The molecule has 0 radical (unpaired) electrons. The molecule has 0 saturated carbocycles. The zero-order valence-corrected chi connectivity index (χ0v) is 11.5. The number of rotatable bonds is 5. The van der Waals surface area contributed by atoms with Crippen molar-refractivity contribution in [3.63, 3.8) is 0 Å². The van der Waals surface area contributed by atoms with Crippen LogP contribution in [0.1, 0.15) is 25.7 Å². The molecule has 0 heterocycles. The van der Waals surface area contributed by atoms with E-state index in [1.54, 1.807) is 0 Å². The molecule has 4 N–H and O–H groups in total. The standard InChI is InChI=1S/C6H8Cl2O2.C6H8N2/c7-5(9)3-1-2-4-6(8)10;7-5-3-1-2-4-6-8/h1-4H2;5-8H2. The van der Waals surface area contributed by atoms with Gasteiger partial charge in [-0.3, -0.25) is 9.59 Å². The number of unbranched alkanes of at least 4 members (excludes halogenated alkanes) is 1. The van der Waals surface area contributed by atoms with Crippen molar-refractivity contribution in [1.29, 1.82) is 0 Å². The molecule has 0 aliphatic rings. The van der Waals surface area contributed by atoms with E-state index < -0.39 is 0 Å². The smallest absolute Gasteiger partial charge is 0.221 e. The van der Waals surface area contributed by atoms with Gasteiger partial charge >= 0.3 is 0 Å². The minimum atomic E-state index is -0.359. The molecular formula is C12H16Cl2N2O2. The second-order valence-corrected chi connectivity index (χ2v) is 3.77. The zero-order valence-electron chi connectivity index (χ0n) is 9.97. The Bertz CT molecular complexity index is 326. The highest BCUT2D eigenvalue weighted by atomic mass is 35.5. The Hall–Kier alpha value is -1.04. The fraction of sp³-hybridized carbons (Fsp3) is 0.500. The first kappa shape index (κ1) is 19.3. The van der Waals surface area contributed by atoms with Gasteiger partial charge in [0.15, 0.2) is 0 Å². The van der Waals surface area contributed by atoms with Crippen molar-refractivity contribution in [1.82, 2.24) is 0 Å². The Morgan fingerprint density at radius 3 is 1.39 bits per heavy atom. The lowest BCUT2D eigenvalue weighted by atomic mass is 10.2. The van der Waals surface area contributed by atoms with Crippen molar-refractivity contribution in [2.75, 3.05) is 13.1 Å². The summed E-state index contributed by atoms with van der Waals surface area (Å²) >= 11 is 10.1. The van der Waals surface area contributed by atoms with Crippen LogP contribution in [0.4, 0.5) is 0 Å². The van der Waals surface area contributed by atoms with Crippen LogP contribution in [0.15, 0.2) is 0 Å². The Labute approximate surface area is 117 Å². The Kier molecular flexibility index (Phi) is 17.1. The van der Waals surface area contributed by atoms with E-state index in [4.69, 9.17) is 34.7 Å². The number of hydrogen-bond donors (Lipinski definition) is 2. The highest BCUT2D eigenvalue weighted by Gasteiger charge is 1.98. The molecule has 0 saturated heterocycles. The third-order valence-electron chi connectivity index (χ3n) is 1.44. The second kappa shape index (κ2) is 16.0. The normalized spacial score (nSPS) is 7.78. The highest BCUT2D eigenvalue weighted by molar-refractivity contribution is 6.63. The lowest BCUT2D eigenvalue weighted by Gasteiger charge is -1.91. The van der Waals surface area contributed by atoms with Gasteiger partial charge in [0.05, 0.1) is 13.1 Å². The van der Waals surface area contributed by atoms with Crippen LogP contribution in [0.25, 0.3) is 0 Å². The summed E-state index contributed by atoms with van der Waals surface area (Å²) in [7, 11) is 0. The zero-order chi connectivity index (χ0) is 14.2. The van der Waals surface area contributed by atoms with Crippen LogP contribution in [-0.2, 0) is 9.59 Å². The van der Waals surface area contributed by atoms with Crippen LogP contribution in [0.3, 0.4) is 0 Å². The molecule has 0 aromatic rings. The number of carbonyl (C=O) groups is 2. The molecule has 0 bridgehead atoms. The van der Waals surface area contributed by atoms with Gasteiger partial charge in [0.2, 0.25) is 10.5 Å². The van der Waals surface area contributed by atoms with E-state index >= 15 is 0 Å². The predicted molar refractivity (Wildman–Crippen MR) is 73.8 cm³/mol. The summed E-state index contributed by atoms with van der Waals surface area (Å²) in [5.41, 5.74) is 10.1. The molecule has 0 aliphatic carbocycles. The first-order valence-electron chi connectivity index (χ1n) is 5.27. The minimum Gasteiger partial charge on any atom is -0.320 e. The summed E-state index contributed by atoms with van der Waals surface area (Å²) in [6, 6.07) is 0. The topological polar surface area (TPSA) is 86.2 Å². The largest absolute Gasteiger partial charge is 0.320 e. The lowest BCUT2D eigenvalue weighted by Crippen LogP contribution is -1.93. The second-order valence-electron chi connectivity index (χ2n) is 2.93. The van der Waals surface area contributed by atoms with Crippen molar-refractivity contribution in [3.8, 4) is 23.7 Å². The van der Waals surface area contributed by atoms with Crippen molar-refractivity contribution < 1.29 is 9.59 Å². The van der Waals surface area contributed by atoms with Crippen molar-refractivity contribution in [2.24, 2.45) is 11.5 Å². The van der Waals surface area contributed by atoms with E-state index in [-0.39, 0.29) is 10.5 Å². The van der Waals surface area contributed by atoms with Gasteiger partial charge in [0.1, 0.15) is 0 Å². The van der Waals surface area contributed by atoms with E-state index in [1.807, 2.05) is 0 Å². The fourth-order valence-electron chi connectivity index (χ4n) is 0.718. The third kappa shape index (κ3) is 24.3. The van der Waals surface area contributed by atoms with Crippen LogP contribution in [0, 0.1) is 23.7 Å². The molecule has 0 unspecified atom stereocenters. The summed E-state index contributed by atoms with van der Waals surface area (Å²) in [6.45, 7) is 0.721. The van der Waals surface area contributed by atoms with E-state index in [9.17, 15) is 9.59 Å². The molecule has 0 amide bonds. The van der Waals surface area contributed by atoms with E-state index in [1.165, 1.54) is 0 Å². The molecule has 6 heteroatoms. The maximum atomic E-state index is 10.1. The summed E-state index contributed by atoms with van der Waals surface area (Å²) in [4.78, 5) is 20.3. The molecule has 0 rings (SSSR count). The molecule has 18 heavy (non-hydrogen) atoms. The van der Waals surface area contributed by atoms with Gasteiger partial charge in [-0.05, 0) is 47.9 Å². The lowest BCUT2D eigenvalue weighted by molar-refractivity contribution is -0.113. The molecule has 0 fully saturated rings. The molecule has 0 atom stereocenters. The molecule has 4 nitrogen and oxygen atoms in total. The average Bonchev–Trinajstić information content (AvgIpc) is 2.31. The van der Waals surface area contributed by atoms with Crippen LogP contribution in [0.5, 0.6) is 0 Å². The quantitative estimate of drug-likeness (QED) is 0.449. The number of hydrogen-bond acceptors (Lipinski definition) is 4. The third-order valence-corrected chi connectivity index (χ3v) is 1.82. The van der Waals surface area contributed by atoms with E-state index in [0.29, 0.717) is 38.8 Å². The van der Waals surface area contributed by atoms with Gasteiger partial charge in [-0.15, -0.1) is 0 Å². The summed E-state index contributed by atoms with van der Waals surface area (Å²) < 4.78 is 0. The number of nitrogens with two attached hydrogens (primary N) is 2. The monoisotopic (exact) mass is 290 g/mol. The minimum absolute atomic E-state index is 0.325. The Balaban J connectivity index is 0. The van der Waals surface area contributed by atoms with Crippen LogP contribution < -0.4 is 11.5 Å². The maximum absolute atomic E-state index is 10.1. The number of halogens is 2. The van der Waals surface area contributed by atoms with Gasteiger partial charge in [0, 0.05) is 12.8 Å². The van der Waals surface area contributed by atoms with Gasteiger partial charge in [-0.25, -0.2) is 0 Å². The summed E-state index contributed by atoms with van der Waals surface area (Å²) in [5, 5.41) is -0.718. The molecule has 0 spiro atoms. The van der Waals surface area contributed by atoms with Crippen LogP contribution in [-0.4, -0.2) is 23.6 Å². The Morgan fingerprint density at radius 1 is 0.833 bits per heavy atom. The fourth-order valence-corrected chi connectivity index (χ4v) is 0.986. The first-order chi connectivity index (χ1) is 8.54.